The van der Waals surface area contributed by atoms with Crippen molar-refractivity contribution in [1.82, 2.24) is 10.3 Å². The molecule has 1 atom stereocenters. The van der Waals surface area contributed by atoms with E-state index in [9.17, 15) is 9.90 Å². The molecule has 0 aliphatic carbocycles. The molecule has 0 aliphatic rings. The van der Waals surface area contributed by atoms with Crippen LogP contribution in [0.4, 0.5) is 0 Å². The van der Waals surface area contributed by atoms with Gasteiger partial charge in [0.05, 0.1) is 24.8 Å². The van der Waals surface area contributed by atoms with E-state index in [1.54, 1.807) is 11.3 Å². The van der Waals surface area contributed by atoms with Gasteiger partial charge in [-0.3, -0.25) is 4.79 Å². The van der Waals surface area contributed by atoms with E-state index in [4.69, 9.17) is 0 Å². The Morgan fingerprint density at radius 3 is 2.61 bits per heavy atom. The summed E-state index contributed by atoms with van der Waals surface area (Å²) in [4.78, 5) is 16.0. The van der Waals surface area contributed by atoms with Gasteiger partial charge in [0.25, 0.3) is 0 Å². The summed E-state index contributed by atoms with van der Waals surface area (Å²) in [6.07, 6.45) is -0.424. The number of nitrogens with zero attached hydrogens (tertiary/aromatic N) is 1. The number of hydrogen-bond acceptors (Lipinski definition) is 4. The Balaban J connectivity index is 2.38. The zero-order valence-corrected chi connectivity index (χ0v) is 12.3. The van der Waals surface area contributed by atoms with Crippen molar-refractivity contribution in [2.45, 2.75) is 52.7 Å². The molecule has 0 fully saturated rings. The second kappa shape index (κ2) is 6.85. The molecule has 4 nitrogen and oxygen atoms in total. The first-order chi connectivity index (χ1) is 8.40. The van der Waals surface area contributed by atoms with Crippen molar-refractivity contribution in [3.8, 4) is 0 Å². The first-order valence-corrected chi connectivity index (χ1v) is 7.17. The van der Waals surface area contributed by atoms with Crippen LogP contribution in [0.15, 0.2) is 5.38 Å². The third-order valence-corrected chi connectivity index (χ3v) is 3.63. The topological polar surface area (TPSA) is 62.2 Å². The second-order valence-corrected chi connectivity index (χ2v) is 6.06. The van der Waals surface area contributed by atoms with Crippen molar-refractivity contribution in [1.29, 1.82) is 0 Å². The summed E-state index contributed by atoms with van der Waals surface area (Å²) in [6, 6.07) is 0. The van der Waals surface area contributed by atoms with Crippen LogP contribution in [0.5, 0.6) is 0 Å². The predicted octanol–water partition coefficient (Wildman–Crippen LogP) is 2.29. The van der Waals surface area contributed by atoms with E-state index in [0.29, 0.717) is 12.5 Å². The van der Waals surface area contributed by atoms with E-state index in [-0.39, 0.29) is 18.2 Å². The molecule has 2 N–H and O–H groups in total. The summed E-state index contributed by atoms with van der Waals surface area (Å²) in [5.74, 6) is 0.383. The SMILES string of the molecule is CC(C)c1csc(CNC(=O)CC(O)C(C)C)n1. The van der Waals surface area contributed by atoms with E-state index in [0.717, 1.165) is 10.7 Å². The maximum absolute atomic E-state index is 11.6. The Labute approximate surface area is 112 Å². The van der Waals surface area contributed by atoms with E-state index in [1.807, 2.05) is 19.2 Å². The average Bonchev–Trinajstić information content (AvgIpc) is 2.74. The number of aromatic nitrogens is 1. The predicted molar refractivity (Wildman–Crippen MR) is 73.5 cm³/mol. The Hall–Kier alpha value is -0.940. The molecule has 18 heavy (non-hydrogen) atoms. The number of carbonyl (C=O) groups excluding carboxylic acids is 1. The van der Waals surface area contributed by atoms with Gasteiger partial charge in [-0.25, -0.2) is 4.98 Å². The molecule has 1 unspecified atom stereocenters. The highest BCUT2D eigenvalue weighted by Crippen LogP contribution is 2.17. The molecule has 1 heterocycles. The molecular weight excluding hydrogens is 248 g/mol. The van der Waals surface area contributed by atoms with Crippen LogP contribution in [-0.4, -0.2) is 22.1 Å². The number of hydrogen-bond donors (Lipinski definition) is 2. The molecule has 0 saturated heterocycles. The fraction of sp³-hybridized carbons (Fsp3) is 0.692. The van der Waals surface area contributed by atoms with Crippen molar-refractivity contribution < 1.29 is 9.90 Å². The van der Waals surface area contributed by atoms with Gasteiger partial charge in [0, 0.05) is 5.38 Å². The smallest absolute Gasteiger partial charge is 0.222 e. The normalized spacial score (nSPS) is 13.1. The van der Waals surface area contributed by atoms with Crippen molar-refractivity contribution in [3.63, 3.8) is 0 Å². The highest BCUT2D eigenvalue weighted by molar-refractivity contribution is 7.09. The number of rotatable bonds is 6. The third kappa shape index (κ3) is 4.74. The highest BCUT2D eigenvalue weighted by Gasteiger charge is 2.14. The van der Waals surface area contributed by atoms with Crippen LogP contribution in [0.3, 0.4) is 0 Å². The molecule has 5 heteroatoms. The van der Waals surface area contributed by atoms with Gasteiger partial charge in [-0.15, -0.1) is 11.3 Å². The largest absolute Gasteiger partial charge is 0.392 e. The summed E-state index contributed by atoms with van der Waals surface area (Å²) in [5.41, 5.74) is 1.06. The molecule has 1 aromatic rings. The maximum atomic E-state index is 11.6. The van der Waals surface area contributed by atoms with Crippen molar-refractivity contribution >= 4 is 17.2 Å². The zero-order valence-electron chi connectivity index (χ0n) is 11.4. The molecule has 0 spiro atoms. The van der Waals surface area contributed by atoms with E-state index < -0.39 is 6.10 Å². The molecule has 0 saturated carbocycles. The van der Waals surface area contributed by atoms with Gasteiger partial charge in [-0.05, 0) is 11.8 Å². The first-order valence-electron chi connectivity index (χ1n) is 6.29. The molecule has 0 bridgehead atoms. The van der Waals surface area contributed by atoms with Gasteiger partial charge in [0.1, 0.15) is 5.01 Å². The number of aliphatic hydroxyl groups excluding tert-OH is 1. The monoisotopic (exact) mass is 270 g/mol. The Morgan fingerprint density at radius 2 is 2.11 bits per heavy atom. The Morgan fingerprint density at radius 1 is 1.44 bits per heavy atom. The number of nitrogens with one attached hydrogen (secondary N) is 1. The van der Waals surface area contributed by atoms with Crippen LogP contribution in [0.25, 0.3) is 0 Å². The summed E-state index contributed by atoms with van der Waals surface area (Å²) in [5, 5.41) is 15.3. The maximum Gasteiger partial charge on any atom is 0.222 e. The third-order valence-electron chi connectivity index (χ3n) is 2.76. The minimum Gasteiger partial charge on any atom is -0.392 e. The summed E-state index contributed by atoms with van der Waals surface area (Å²) in [6.45, 7) is 8.43. The van der Waals surface area contributed by atoms with Crippen LogP contribution in [0.2, 0.25) is 0 Å². The standard InChI is InChI=1S/C13H22N2O2S/c1-8(2)10-7-18-13(15-10)6-14-12(17)5-11(16)9(3)4/h7-9,11,16H,5-6H2,1-4H3,(H,14,17). The highest BCUT2D eigenvalue weighted by atomic mass is 32.1. The lowest BCUT2D eigenvalue weighted by Crippen LogP contribution is -2.29. The molecule has 102 valence electrons. The van der Waals surface area contributed by atoms with Crippen LogP contribution >= 0.6 is 11.3 Å². The lowest BCUT2D eigenvalue weighted by molar-refractivity contribution is -0.123. The van der Waals surface area contributed by atoms with Gasteiger partial charge in [-0.2, -0.15) is 0 Å². The van der Waals surface area contributed by atoms with Crippen molar-refractivity contribution in [3.05, 3.63) is 16.1 Å². The summed E-state index contributed by atoms with van der Waals surface area (Å²) in [7, 11) is 0. The lowest BCUT2D eigenvalue weighted by atomic mass is 10.0. The van der Waals surface area contributed by atoms with Crippen molar-refractivity contribution in [2.24, 2.45) is 5.92 Å². The quantitative estimate of drug-likeness (QED) is 0.833. The number of aliphatic hydroxyl groups is 1. The van der Waals surface area contributed by atoms with Gasteiger partial charge >= 0.3 is 0 Å². The van der Waals surface area contributed by atoms with E-state index >= 15 is 0 Å². The first kappa shape index (κ1) is 15.1. The summed E-state index contributed by atoms with van der Waals surface area (Å²) < 4.78 is 0. The van der Waals surface area contributed by atoms with Gasteiger partial charge < -0.3 is 10.4 Å². The minimum atomic E-state index is -0.576. The number of carbonyl (C=O) groups is 1. The lowest BCUT2D eigenvalue weighted by Gasteiger charge is -2.13. The fourth-order valence-electron chi connectivity index (χ4n) is 1.34. The number of thiazole rings is 1. The van der Waals surface area contributed by atoms with Gasteiger partial charge in [0.2, 0.25) is 5.91 Å². The fourth-order valence-corrected chi connectivity index (χ4v) is 2.24. The Kier molecular flexibility index (Phi) is 5.75. The van der Waals surface area contributed by atoms with Crippen LogP contribution in [0.1, 0.15) is 50.7 Å². The van der Waals surface area contributed by atoms with Crippen LogP contribution < -0.4 is 5.32 Å². The molecule has 1 aromatic heterocycles. The van der Waals surface area contributed by atoms with Crippen molar-refractivity contribution in [2.75, 3.05) is 0 Å². The van der Waals surface area contributed by atoms with E-state index in [2.05, 4.69) is 24.1 Å². The minimum absolute atomic E-state index is 0.100. The van der Waals surface area contributed by atoms with Gasteiger partial charge in [-0.1, -0.05) is 27.7 Å². The molecule has 0 aromatic carbocycles. The molecular formula is C13H22N2O2S. The van der Waals surface area contributed by atoms with Crippen LogP contribution in [0, 0.1) is 5.92 Å². The molecule has 0 radical (unpaired) electrons. The zero-order chi connectivity index (χ0) is 13.7. The molecule has 1 rings (SSSR count). The summed E-state index contributed by atoms with van der Waals surface area (Å²) >= 11 is 1.56. The van der Waals surface area contributed by atoms with Crippen LogP contribution in [-0.2, 0) is 11.3 Å². The van der Waals surface area contributed by atoms with E-state index in [1.165, 1.54) is 0 Å². The molecule has 0 aliphatic heterocycles. The average molecular weight is 270 g/mol. The molecule has 1 amide bonds. The number of amides is 1. The Bertz CT molecular complexity index is 388. The van der Waals surface area contributed by atoms with Gasteiger partial charge in [0.15, 0.2) is 0 Å². The second-order valence-electron chi connectivity index (χ2n) is 5.11.